The summed E-state index contributed by atoms with van der Waals surface area (Å²) in [5, 5.41) is 0. The van der Waals surface area contributed by atoms with Gasteiger partial charge in [-0.05, 0) is 44.2 Å². The lowest BCUT2D eigenvalue weighted by Crippen LogP contribution is -2.17. The number of sulfonamides is 1. The molecular weight excluding hydrogens is 414 g/mol. The summed E-state index contributed by atoms with van der Waals surface area (Å²) in [6, 6.07) is 21.3. The highest BCUT2D eigenvalue weighted by Gasteiger charge is 2.26. The average molecular weight is 434 g/mol. The number of benzene rings is 3. The van der Waals surface area contributed by atoms with E-state index in [2.05, 4.69) is 4.40 Å². The second kappa shape index (κ2) is 8.05. The van der Waals surface area contributed by atoms with E-state index < -0.39 is 10.0 Å². The molecule has 150 valence electrons. The molecule has 0 unspecified atom stereocenters. The van der Waals surface area contributed by atoms with Crippen LogP contribution in [-0.4, -0.2) is 19.9 Å². The van der Waals surface area contributed by atoms with E-state index in [1.807, 2.05) is 38.1 Å². The molecule has 1 aliphatic carbocycles. The fourth-order valence-corrected chi connectivity index (χ4v) is 4.98. The summed E-state index contributed by atoms with van der Waals surface area (Å²) in [4.78, 5) is 14.5. The highest BCUT2D eigenvalue weighted by atomic mass is 32.2. The first-order chi connectivity index (χ1) is 14.3. The van der Waals surface area contributed by atoms with Crippen LogP contribution in [0.5, 0.6) is 0 Å². The number of allylic oxidation sites excluding steroid dienone is 2. The summed E-state index contributed by atoms with van der Waals surface area (Å²) in [6.45, 7) is 3.89. The van der Waals surface area contributed by atoms with Gasteiger partial charge in [0.25, 0.3) is 10.0 Å². The number of Topliss-reactive ketones (excluding diaryl/α,β-unsaturated/α-hetero) is 1. The Balaban J connectivity index is 1.80. The van der Waals surface area contributed by atoms with E-state index in [1.54, 1.807) is 54.6 Å². The van der Waals surface area contributed by atoms with Crippen molar-refractivity contribution in [2.24, 2.45) is 4.40 Å². The molecule has 3 aromatic carbocycles. The smallest absolute Gasteiger partial charge is 0.282 e. The first-order valence-corrected chi connectivity index (χ1v) is 11.6. The van der Waals surface area contributed by atoms with Crippen LogP contribution >= 0.6 is 11.8 Å². The van der Waals surface area contributed by atoms with Crippen LogP contribution in [-0.2, 0) is 10.0 Å². The predicted octanol–water partition coefficient (Wildman–Crippen LogP) is 5.35. The molecule has 0 fully saturated rings. The molecule has 0 aliphatic heterocycles. The maximum absolute atomic E-state index is 13.0. The maximum atomic E-state index is 13.0. The number of ketones is 1. The summed E-state index contributed by atoms with van der Waals surface area (Å²) in [5.41, 5.74) is 3.33. The third kappa shape index (κ3) is 4.15. The average Bonchev–Trinajstić information content (AvgIpc) is 2.73. The number of nitrogens with zero attached hydrogens (tertiary/aromatic N) is 1. The SMILES string of the molecule is Cc1ccc(SC2=C/C(=N\S(=O)(=O)c3ccc(C)cc3)c3ccccc3C2=O)cc1. The van der Waals surface area contributed by atoms with Gasteiger partial charge >= 0.3 is 0 Å². The van der Waals surface area contributed by atoms with Crippen molar-refractivity contribution in [3.8, 4) is 0 Å². The monoisotopic (exact) mass is 433 g/mol. The molecule has 0 amide bonds. The first kappa shape index (κ1) is 20.3. The van der Waals surface area contributed by atoms with Gasteiger partial charge in [-0.15, -0.1) is 0 Å². The van der Waals surface area contributed by atoms with Crippen molar-refractivity contribution in [3.63, 3.8) is 0 Å². The van der Waals surface area contributed by atoms with Gasteiger partial charge in [0.05, 0.1) is 15.5 Å². The Hall–Kier alpha value is -2.96. The van der Waals surface area contributed by atoms with E-state index in [0.717, 1.165) is 16.0 Å². The van der Waals surface area contributed by atoms with Crippen molar-refractivity contribution >= 4 is 33.3 Å². The van der Waals surface area contributed by atoms with Crippen molar-refractivity contribution in [2.45, 2.75) is 23.6 Å². The van der Waals surface area contributed by atoms with Crippen LogP contribution in [0.25, 0.3) is 0 Å². The lowest BCUT2D eigenvalue weighted by Gasteiger charge is -2.17. The van der Waals surface area contributed by atoms with Crippen molar-refractivity contribution in [2.75, 3.05) is 0 Å². The summed E-state index contributed by atoms with van der Waals surface area (Å²) in [5.74, 6) is -0.136. The Labute approximate surface area is 180 Å². The van der Waals surface area contributed by atoms with Crippen molar-refractivity contribution in [3.05, 3.63) is 106 Å². The molecule has 0 spiro atoms. The summed E-state index contributed by atoms with van der Waals surface area (Å²) < 4.78 is 29.9. The Bertz CT molecular complexity index is 1290. The normalized spacial score (nSPS) is 15.1. The number of hydrogen-bond donors (Lipinski definition) is 0. The molecule has 6 heteroatoms. The Kier molecular flexibility index (Phi) is 5.45. The number of rotatable bonds is 4. The van der Waals surface area contributed by atoms with E-state index in [9.17, 15) is 13.2 Å². The quantitative estimate of drug-likeness (QED) is 0.556. The van der Waals surface area contributed by atoms with Crippen LogP contribution in [0.3, 0.4) is 0 Å². The Morgan fingerprint density at radius 1 is 0.767 bits per heavy atom. The molecule has 1 aliphatic rings. The molecule has 0 saturated carbocycles. The molecule has 0 N–H and O–H groups in total. The second-order valence-corrected chi connectivity index (χ2v) is 9.78. The Morgan fingerprint density at radius 2 is 1.33 bits per heavy atom. The molecule has 0 aromatic heterocycles. The van der Waals surface area contributed by atoms with Crippen LogP contribution in [0, 0.1) is 13.8 Å². The minimum Gasteiger partial charge on any atom is -0.288 e. The van der Waals surface area contributed by atoms with Crippen molar-refractivity contribution < 1.29 is 13.2 Å². The van der Waals surface area contributed by atoms with Crippen molar-refractivity contribution in [1.82, 2.24) is 0 Å². The van der Waals surface area contributed by atoms with E-state index in [4.69, 9.17) is 0 Å². The molecule has 4 rings (SSSR count). The van der Waals surface area contributed by atoms with Crippen LogP contribution in [0.4, 0.5) is 0 Å². The molecule has 3 aromatic rings. The van der Waals surface area contributed by atoms with E-state index in [1.165, 1.54) is 11.8 Å². The fraction of sp³-hybridized carbons (Fsp3) is 0.0833. The highest BCUT2D eigenvalue weighted by Crippen LogP contribution is 2.34. The number of hydrogen-bond acceptors (Lipinski definition) is 4. The predicted molar refractivity (Wildman–Crippen MR) is 121 cm³/mol. The van der Waals surface area contributed by atoms with Crippen LogP contribution in [0.1, 0.15) is 27.0 Å². The number of carbonyl (C=O) groups is 1. The van der Waals surface area contributed by atoms with Gasteiger partial charge in [0, 0.05) is 16.0 Å². The van der Waals surface area contributed by atoms with Crippen LogP contribution in [0.2, 0.25) is 0 Å². The molecule has 0 saturated heterocycles. The third-order valence-electron chi connectivity index (χ3n) is 4.73. The zero-order chi connectivity index (χ0) is 21.3. The Morgan fingerprint density at radius 3 is 1.97 bits per heavy atom. The topological polar surface area (TPSA) is 63.6 Å². The van der Waals surface area contributed by atoms with E-state index >= 15 is 0 Å². The molecule has 0 atom stereocenters. The van der Waals surface area contributed by atoms with Gasteiger partial charge in [-0.2, -0.15) is 12.8 Å². The number of carbonyl (C=O) groups excluding carboxylic acids is 1. The number of aryl methyl sites for hydroxylation is 2. The third-order valence-corrected chi connectivity index (χ3v) is 7.06. The van der Waals surface area contributed by atoms with Gasteiger partial charge in [0.15, 0.2) is 5.78 Å². The van der Waals surface area contributed by atoms with Crippen LogP contribution < -0.4 is 0 Å². The molecule has 4 nitrogen and oxygen atoms in total. The highest BCUT2D eigenvalue weighted by molar-refractivity contribution is 8.04. The van der Waals surface area contributed by atoms with Gasteiger partial charge < -0.3 is 0 Å². The van der Waals surface area contributed by atoms with Gasteiger partial charge in [-0.1, -0.05) is 71.4 Å². The number of fused-ring (bicyclic) bond motifs is 1. The lowest BCUT2D eigenvalue weighted by atomic mass is 9.94. The van der Waals surface area contributed by atoms with Gasteiger partial charge in [0.1, 0.15) is 0 Å². The van der Waals surface area contributed by atoms with Gasteiger partial charge in [0.2, 0.25) is 0 Å². The fourth-order valence-electron chi connectivity index (χ4n) is 3.08. The maximum Gasteiger partial charge on any atom is 0.282 e. The van der Waals surface area contributed by atoms with E-state index in [-0.39, 0.29) is 16.4 Å². The summed E-state index contributed by atoms with van der Waals surface area (Å²) in [7, 11) is -3.92. The molecule has 0 bridgehead atoms. The zero-order valence-corrected chi connectivity index (χ0v) is 18.1. The molecule has 0 heterocycles. The summed E-state index contributed by atoms with van der Waals surface area (Å²) >= 11 is 1.31. The summed E-state index contributed by atoms with van der Waals surface area (Å²) in [6.07, 6.45) is 1.57. The van der Waals surface area contributed by atoms with E-state index in [0.29, 0.717) is 16.0 Å². The minimum atomic E-state index is -3.92. The largest absolute Gasteiger partial charge is 0.288 e. The molecule has 30 heavy (non-hydrogen) atoms. The number of thioether (sulfide) groups is 1. The molecular formula is C24H19NO3S2. The van der Waals surface area contributed by atoms with Crippen molar-refractivity contribution in [1.29, 1.82) is 0 Å². The standard InChI is InChI=1S/C24H19NO3S2/c1-16-7-11-18(12-8-16)29-23-15-22(20-5-3-4-6-21(20)24(23)26)25-30(27,28)19-13-9-17(2)10-14-19/h3-15H,1-2H3/b25-22+. The van der Waals surface area contributed by atoms with Crippen LogP contribution in [0.15, 0.2) is 98.0 Å². The second-order valence-electron chi connectivity index (χ2n) is 7.06. The minimum absolute atomic E-state index is 0.121. The first-order valence-electron chi connectivity index (χ1n) is 9.35. The van der Waals surface area contributed by atoms with Gasteiger partial charge in [-0.25, -0.2) is 0 Å². The zero-order valence-electron chi connectivity index (χ0n) is 16.5. The van der Waals surface area contributed by atoms with Gasteiger partial charge in [-0.3, -0.25) is 4.79 Å². The lowest BCUT2D eigenvalue weighted by molar-refractivity contribution is 0.104. The molecule has 0 radical (unpaired) electrons.